The monoisotopic (exact) mass is 209 g/mol. The van der Waals surface area contributed by atoms with Crippen molar-refractivity contribution in [3.8, 4) is 0 Å². The van der Waals surface area contributed by atoms with E-state index in [2.05, 4.69) is 15.0 Å². The largest absolute Gasteiger partial charge is 0.364 e. The van der Waals surface area contributed by atoms with Gasteiger partial charge in [-0.25, -0.2) is 0 Å². The molecule has 0 aliphatic heterocycles. The lowest BCUT2D eigenvalue weighted by Gasteiger charge is -2.10. The summed E-state index contributed by atoms with van der Waals surface area (Å²) in [5.41, 5.74) is 6.50. The zero-order chi connectivity index (χ0) is 10.7. The van der Waals surface area contributed by atoms with E-state index < -0.39 is 0 Å². The third-order valence-electron chi connectivity index (χ3n) is 2.60. The van der Waals surface area contributed by atoms with Crippen molar-refractivity contribution in [2.45, 2.75) is 25.3 Å². The molecule has 1 aromatic heterocycles. The fourth-order valence-corrected chi connectivity index (χ4v) is 1.48. The maximum absolute atomic E-state index is 11.4. The molecule has 1 amide bonds. The predicted octanol–water partition coefficient (Wildman–Crippen LogP) is 0.0706. The van der Waals surface area contributed by atoms with Crippen LogP contribution in [-0.2, 0) is 11.2 Å². The third kappa shape index (κ3) is 3.06. The van der Waals surface area contributed by atoms with Gasteiger partial charge >= 0.3 is 0 Å². The Kier molecular flexibility index (Phi) is 3.01. The number of amides is 1. The maximum Gasteiger partial charge on any atom is 0.226 e. The first-order valence-electron chi connectivity index (χ1n) is 5.17. The number of nitrogens with one attached hydrogen (secondary N) is 1. The molecule has 0 bridgehead atoms. The van der Waals surface area contributed by atoms with Crippen molar-refractivity contribution in [2.24, 2.45) is 11.7 Å². The van der Waals surface area contributed by atoms with Crippen LogP contribution < -0.4 is 11.1 Å². The molecule has 0 saturated heterocycles. The molecule has 82 valence electrons. The molecule has 1 heterocycles. The lowest BCUT2D eigenvalue weighted by atomic mass is 10.2. The van der Waals surface area contributed by atoms with Crippen molar-refractivity contribution >= 4 is 5.91 Å². The molecule has 3 N–H and O–H groups in total. The summed E-state index contributed by atoms with van der Waals surface area (Å²) in [5.74, 6) is 0.553. The van der Waals surface area contributed by atoms with Gasteiger partial charge in [0.05, 0.1) is 12.1 Å². The van der Waals surface area contributed by atoms with Gasteiger partial charge in [-0.3, -0.25) is 4.79 Å². The molecule has 1 aromatic rings. The zero-order valence-electron chi connectivity index (χ0n) is 8.48. The number of aromatic nitrogens is 1. The number of hydrogen-bond acceptors (Lipinski definition) is 4. The third-order valence-corrected chi connectivity index (χ3v) is 2.60. The van der Waals surface area contributed by atoms with Crippen LogP contribution in [-0.4, -0.2) is 23.7 Å². The number of carbonyl (C=O) groups excluding carboxylic acids is 1. The first-order valence-corrected chi connectivity index (χ1v) is 5.17. The number of nitrogens with two attached hydrogens (primary N) is 1. The second kappa shape index (κ2) is 4.44. The fourth-order valence-electron chi connectivity index (χ4n) is 1.48. The molecule has 2 rings (SSSR count). The van der Waals surface area contributed by atoms with Crippen LogP contribution in [0.15, 0.2) is 16.9 Å². The molecule has 0 aromatic carbocycles. The van der Waals surface area contributed by atoms with Crippen molar-refractivity contribution in [1.82, 2.24) is 10.5 Å². The summed E-state index contributed by atoms with van der Waals surface area (Å²) >= 11 is 0. The van der Waals surface area contributed by atoms with Crippen molar-refractivity contribution < 1.29 is 9.32 Å². The van der Waals surface area contributed by atoms with Crippen LogP contribution in [0.1, 0.15) is 18.5 Å². The molecule has 1 aliphatic carbocycles. The standard InChI is InChI=1S/C10H15N3O2/c11-9(7-1-2-7)6-12-10(14)5-8-3-4-15-13-8/h3-4,7,9H,1-2,5-6,11H2,(H,12,14). The van der Waals surface area contributed by atoms with Gasteiger partial charge in [0.25, 0.3) is 0 Å². The topological polar surface area (TPSA) is 81.1 Å². The molecule has 1 atom stereocenters. The van der Waals surface area contributed by atoms with Crippen LogP contribution in [0.2, 0.25) is 0 Å². The van der Waals surface area contributed by atoms with Gasteiger partial charge in [-0.1, -0.05) is 5.16 Å². The summed E-state index contributed by atoms with van der Waals surface area (Å²) in [5, 5.41) is 6.46. The molecule has 5 nitrogen and oxygen atoms in total. The molecule has 1 aliphatic rings. The highest BCUT2D eigenvalue weighted by molar-refractivity contribution is 5.78. The van der Waals surface area contributed by atoms with E-state index in [0.717, 1.165) is 0 Å². The Bertz CT molecular complexity index is 319. The Balaban J connectivity index is 1.68. The van der Waals surface area contributed by atoms with Crippen molar-refractivity contribution in [3.05, 3.63) is 18.0 Å². The number of hydrogen-bond donors (Lipinski definition) is 2. The Morgan fingerprint density at radius 3 is 3.13 bits per heavy atom. The Labute approximate surface area is 88.0 Å². The average molecular weight is 209 g/mol. The molecular weight excluding hydrogens is 194 g/mol. The molecule has 1 unspecified atom stereocenters. The van der Waals surface area contributed by atoms with Crippen molar-refractivity contribution in [3.63, 3.8) is 0 Å². The number of nitrogens with zero attached hydrogens (tertiary/aromatic N) is 1. The fraction of sp³-hybridized carbons (Fsp3) is 0.600. The minimum Gasteiger partial charge on any atom is -0.364 e. The molecule has 1 saturated carbocycles. The average Bonchev–Trinajstić information content (AvgIpc) is 2.95. The summed E-state index contributed by atoms with van der Waals surface area (Å²) in [7, 11) is 0. The lowest BCUT2D eigenvalue weighted by Crippen LogP contribution is -2.39. The minimum absolute atomic E-state index is 0.0556. The summed E-state index contributed by atoms with van der Waals surface area (Å²) in [6, 6.07) is 1.78. The highest BCUT2D eigenvalue weighted by Gasteiger charge is 2.28. The molecule has 0 radical (unpaired) electrons. The first-order chi connectivity index (χ1) is 7.25. The van der Waals surface area contributed by atoms with Gasteiger partial charge in [0.2, 0.25) is 5.91 Å². The summed E-state index contributed by atoms with van der Waals surface area (Å²) in [6.45, 7) is 0.557. The van der Waals surface area contributed by atoms with Crippen LogP contribution in [0, 0.1) is 5.92 Å². The van der Waals surface area contributed by atoms with E-state index in [0.29, 0.717) is 18.2 Å². The predicted molar refractivity (Wildman–Crippen MR) is 53.9 cm³/mol. The van der Waals surface area contributed by atoms with Crippen LogP contribution in [0.4, 0.5) is 0 Å². The van der Waals surface area contributed by atoms with E-state index in [4.69, 9.17) is 5.73 Å². The van der Waals surface area contributed by atoms with Gasteiger partial charge in [0.15, 0.2) is 0 Å². The molecule has 5 heteroatoms. The highest BCUT2D eigenvalue weighted by atomic mass is 16.5. The van der Waals surface area contributed by atoms with Crippen LogP contribution in [0.5, 0.6) is 0 Å². The summed E-state index contributed by atoms with van der Waals surface area (Å²) in [6.07, 6.45) is 4.10. The van der Waals surface area contributed by atoms with Crippen LogP contribution in [0.3, 0.4) is 0 Å². The number of carbonyl (C=O) groups is 1. The molecular formula is C10H15N3O2. The quantitative estimate of drug-likeness (QED) is 0.719. The van der Waals surface area contributed by atoms with E-state index in [1.807, 2.05) is 0 Å². The Morgan fingerprint density at radius 2 is 2.53 bits per heavy atom. The normalized spacial score (nSPS) is 17.4. The zero-order valence-corrected chi connectivity index (χ0v) is 8.48. The summed E-state index contributed by atoms with van der Waals surface area (Å²) < 4.78 is 4.63. The van der Waals surface area contributed by atoms with E-state index >= 15 is 0 Å². The molecule has 0 spiro atoms. The molecule has 15 heavy (non-hydrogen) atoms. The van der Waals surface area contributed by atoms with E-state index in [-0.39, 0.29) is 18.4 Å². The maximum atomic E-state index is 11.4. The van der Waals surface area contributed by atoms with Crippen molar-refractivity contribution in [2.75, 3.05) is 6.54 Å². The number of rotatable bonds is 5. The van der Waals surface area contributed by atoms with Crippen molar-refractivity contribution in [1.29, 1.82) is 0 Å². The summed E-state index contributed by atoms with van der Waals surface area (Å²) in [4.78, 5) is 11.4. The van der Waals surface area contributed by atoms with Gasteiger partial charge in [0, 0.05) is 18.7 Å². The Hall–Kier alpha value is -1.36. The second-order valence-corrected chi connectivity index (χ2v) is 3.97. The van der Waals surface area contributed by atoms with Gasteiger partial charge < -0.3 is 15.6 Å². The first kappa shape index (κ1) is 10.2. The highest BCUT2D eigenvalue weighted by Crippen LogP contribution is 2.31. The molecule has 1 fully saturated rings. The van der Waals surface area contributed by atoms with Crippen LogP contribution >= 0.6 is 0 Å². The van der Waals surface area contributed by atoms with E-state index in [1.54, 1.807) is 6.07 Å². The SMILES string of the molecule is NC(CNC(=O)Cc1ccon1)C1CC1. The van der Waals surface area contributed by atoms with Gasteiger partial charge in [-0.15, -0.1) is 0 Å². The van der Waals surface area contributed by atoms with E-state index in [9.17, 15) is 4.79 Å². The van der Waals surface area contributed by atoms with Gasteiger partial charge in [0.1, 0.15) is 6.26 Å². The second-order valence-electron chi connectivity index (χ2n) is 3.97. The van der Waals surface area contributed by atoms with Gasteiger partial charge in [-0.2, -0.15) is 0 Å². The van der Waals surface area contributed by atoms with Crippen LogP contribution in [0.25, 0.3) is 0 Å². The van der Waals surface area contributed by atoms with Gasteiger partial charge in [-0.05, 0) is 18.8 Å². The smallest absolute Gasteiger partial charge is 0.226 e. The minimum atomic E-state index is -0.0556. The van der Waals surface area contributed by atoms with E-state index in [1.165, 1.54) is 19.1 Å². The Morgan fingerprint density at radius 1 is 1.73 bits per heavy atom. The lowest BCUT2D eigenvalue weighted by molar-refractivity contribution is -0.120.